The minimum Gasteiger partial charge on any atom is -0.366 e. The Bertz CT molecular complexity index is 864. The van der Waals surface area contributed by atoms with Gasteiger partial charge >= 0.3 is 0 Å². The van der Waals surface area contributed by atoms with Crippen LogP contribution in [0.4, 0.5) is 0 Å². The fourth-order valence-electron chi connectivity index (χ4n) is 2.01. The molecule has 6 nitrogen and oxygen atoms in total. The summed E-state index contributed by atoms with van der Waals surface area (Å²) in [6, 6.07) is 12.0. The molecule has 0 spiro atoms. The van der Waals surface area contributed by atoms with Gasteiger partial charge in [0.15, 0.2) is 0 Å². The fourth-order valence-corrected chi connectivity index (χ4v) is 3.24. The summed E-state index contributed by atoms with van der Waals surface area (Å²) in [4.78, 5) is 22.7. The topological polar surface area (TPSA) is 106 Å². The number of carbonyl (C=O) groups is 2. The van der Waals surface area contributed by atoms with Crippen LogP contribution in [0.1, 0.15) is 22.3 Å². The number of nitrogens with two attached hydrogens (primary N) is 1. The van der Waals surface area contributed by atoms with Crippen molar-refractivity contribution in [2.75, 3.05) is 0 Å². The lowest BCUT2D eigenvalue weighted by atomic mass is 10.1. The predicted molar refractivity (Wildman–Crippen MR) is 90.1 cm³/mol. The quantitative estimate of drug-likeness (QED) is 0.813. The van der Waals surface area contributed by atoms with Crippen molar-refractivity contribution in [3.63, 3.8) is 0 Å². The molecule has 0 saturated heterocycles. The van der Waals surface area contributed by atoms with Gasteiger partial charge in [-0.2, -0.15) is 0 Å². The summed E-state index contributed by atoms with van der Waals surface area (Å²) in [7, 11) is -3.99. The molecular formula is C16H15ClN2O4S. The van der Waals surface area contributed by atoms with E-state index in [0.29, 0.717) is 11.4 Å². The minimum absolute atomic E-state index is 0.00105. The summed E-state index contributed by atoms with van der Waals surface area (Å²) >= 11 is 5.85. The Kier molecular flexibility index (Phi) is 5.58. The van der Waals surface area contributed by atoms with Crippen LogP contribution >= 0.6 is 11.6 Å². The van der Waals surface area contributed by atoms with Crippen molar-refractivity contribution in [1.82, 2.24) is 4.72 Å². The van der Waals surface area contributed by atoms with Crippen molar-refractivity contribution in [3.8, 4) is 0 Å². The molecule has 2 amide bonds. The van der Waals surface area contributed by atoms with Gasteiger partial charge in [-0.05, 0) is 48.4 Å². The summed E-state index contributed by atoms with van der Waals surface area (Å²) in [6.07, 6.45) is 0.363. The number of hydrogen-bond acceptors (Lipinski definition) is 4. The first kappa shape index (κ1) is 18.0. The monoisotopic (exact) mass is 366 g/mol. The lowest BCUT2D eigenvalue weighted by molar-refractivity contribution is -0.119. The molecule has 2 rings (SSSR count). The van der Waals surface area contributed by atoms with Crippen LogP contribution in [0.2, 0.25) is 5.02 Å². The van der Waals surface area contributed by atoms with Crippen LogP contribution < -0.4 is 10.5 Å². The Morgan fingerprint density at radius 1 is 1.08 bits per heavy atom. The smallest absolute Gasteiger partial charge is 0.264 e. The van der Waals surface area contributed by atoms with E-state index in [-0.39, 0.29) is 16.9 Å². The minimum atomic E-state index is -3.99. The number of carbonyl (C=O) groups excluding carboxylic acids is 2. The van der Waals surface area contributed by atoms with Crippen molar-refractivity contribution in [2.24, 2.45) is 5.73 Å². The number of sulfonamides is 1. The van der Waals surface area contributed by atoms with E-state index in [1.807, 2.05) is 4.72 Å². The number of primary amides is 1. The molecule has 3 N–H and O–H groups in total. The first-order valence-corrected chi connectivity index (χ1v) is 8.84. The summed E-state index contributed by atoms with van der Waals surface area (Å²) in [5.74, 6) is -1.29. The highest BCUT2D eigenvalue weighted by atomic mass is 35.5. The number of benzene rings is 2. The van der Waals surface area contributed by atoms with Crippen LogP contribution in [0.3, 0.4) is 0 Å². The second kappa shape index (κ2) is 7.46. The number of amides is 2. The average Bonchev–Trinajstić information content (AvgIpc) is 2.53. The van der Waals surface area contributed by atoms with E-state index in [9.17, 15) is 18.0 Å². The zero-order chi connectivity index (χ0) is 17.7. The standard InChI is InChI=1S/C16H15ClN2O4S/c17-13-3-1-2-11(10-13)4-9-15(20)19-24(22,23)14-7-5-12(6-8-14)16(18)21/h1-3,5-8,10H,4,9H2,(H2,18,21)(H,19,20). The van der Waals surface area contributed by atoms with E-state index in [1.165, 1.54) is 24.3 Å². The van der Waals surface area contributed by atoms with Gasteiger partial charge in [0.05, 0.1) is 4.90 Å². The van der Waals surface area contributed by atoms with Crippen LogP contribution in [0.25, 0.3) is 0 Å². The van der Waals surface area contributed by atoms with Crippen molar-refractivity contribution in [1.29, 1.82) is 0 Å². The van der Waals surface area contributed by atoms with Crippen molar-refractivity contribution < 1.29 is 18.0 Å². The number of rotatable bonds is 6. The van der Waals surface area contributed by atoms with Crippen LogP contribution in [-0.4, -0.2) is 20.2 Å². The SMILES string of the molecule is NC(=O)c1ccc(S(=O)(=O)NC(=O)CCc2cccc(Cl)c2)cc1. The maximum Gasteiger partial charge on any atom is 0.264 e. The van der Waals surface area contributed by atoms with Gasteiger partial charge in [0.2, 0.25) is 11.8 Å². The zero-order valence-corrected chi connectivity index (χ0v) is 14.1. The maximum absolute atomic E-state index is 12.1. The number of hydrogen-bond donors (Lipinski definition) is 2. The molecule has 2 aromatic rings. The molecule has 0 bridgehead atoms. The van der Waals surface area contributed by atoms with Crippen molar-refractivity contribution in [2.45, 2.75) is 17.7 Å². The normalized spacial score (nSPS) is 11.0. The summed E-state index contributed by atoms with van der Waals surface area (Å²) < 4.78 is 26.2. The van der Waals surface area contributed by atoms with E-state index in [0.717, 1.165) is 5.56 Å². The third-order valence-corrected chi connectivity index (χ3v) is 4.85. The molecule has 0 radical (unpaired) electrons. The lowest BCUT2D eigenvalue weighted by Crippen LogP contribution is -2.30. The van der Waals surface area contributed by atoms with E-state index in [4.69, 9.17) is 17.3 Å². The molecule has 0 aliphatic rings. The van der Waals surface area contributed by atoms with Crippen molar-refractivity contribution >= 4 is 33.4 Å². The molecule has 0 unspecified atom stereocenters. The van der Waals surface area contributed by atoms with Gasteiger partial charge in [-0.1, -0.05) is 23.7 Å². The van der Waals surface area contributed by atoms with Gasteiger partial charge in [0.1, 0.15) is 0 Å². The van der Waals surface area contributed by atoms with Gasteiger partial charge in [0, 0.05) is 17.0 Å². The molecule has 0 aliphatic carbocycles. The summed E-state index contributed by atoms with van der Waals surface area (Å²) in [5.41, 5.74) is 6.11. The van der Waals surface area contributed by atoms with Crippen molar-refractivity contribution in [3.05, 3.63) is 64.7 Å². The largest absolute Gasteiger partial charge is 0.366 e. The molecule has 2 aromatic carbocycles. The molecule has 8 heteroatoms. The van der Waals surface area contributed by atoms with E-state index in [1.54, 1.807) is 24.3 Å². The van der Waals surface area contributed by atoms with Gasteiger partial charge in [-0.3, -0.25) is 9.59 Å². The van der Waals surface area contributed by atoms with E-state index < -0.39 is 21.8 Å². The number of nitrogens with one attached hydrogen (secondary N) is 1. The Morgan fingerprint density at radius 3 is 2.33 bits per heavy atom. The number of aryl methyl sites for hydroxylation is 1. The predicted octanol–water partition coefficient (Wildman–Crippen LogP) is 1.88. The third-order valence-electron chi connectivity index (χ3n) is 3.23. The van der Waals surface area contributed by atoms with E-state index >= 15 is 0 Å². The Labute approximate surface area is 144 Å². The molecule has 24 heavy (non-hydrogen) atoms. The van der Waals surface area contributed by atoms with E-state index in [2.05, 4.69) is 0 Å². The van der Waals surface area contributed by atoms with Crippen LogP contribution in [-0.2, 0) is 21.2 Å². The first-order valence-electron chi connectivity index (χ1n) is 6.98. The molecule has 0 fully saturated rings. The molecular weight excluding hydrogens is 352 g/mol. The average molecular weight is 367 g/mol. The Hall–Kier alpha value is -2.38. The summed E-state index contributed by atoms with van der Waals surface area (Å²) in [6.45, 7) is 0. The second-order valence-corrected chi connectivity index (χ2v) is 7.17. The summed E-state index contributed by atoms with van der Waals surface area (Å²) in [5, 5.41) is 0.551. The molecule has 126 valence electrons. The molecule has 0 atom stereocenters. The highest BCUT2D eigenvalue weighted by Gasteiger charge is 2.17. The van der Waals surface area contributed by atoms with Crippen LogP contribution in [0.5, 0.6) is 0 Å². The van der Waals surface area contributed by atoms with Crippen LogP contribution in [0, 0.1) is 0 Å². The highest BCUT2D eigenvalue weighted by molar-refractivity contribution is 7.90. The van der Waals surface area contributed by atoms with Gasteiger partial charge in [-0.15, -0.1) is 0 Å². The Balaban J connectivity index is 2.00. The highest BCUT2D eigenvalue weighted by Crippen LogP contribution is 2.13. The second-order valence-electron chi connectivity index (χ2n) is 5.05. The van der Waals surface area contributed by atoms with Gasteiger partial charge in [-0.25, -0.2) is 13.1 Å². The van der Waals surface area contributed by atoms with Gasteiger partial charge < -0.3 is 5.73 Å². The Morgan fingerprint density at radius 2 is 1.75 bits per heavy atom. The van der Waals surface area contributed by atoms with Crippen LogP contribution in [0.15, 0.2) is 53.4 Å². The fraction of sp³-hybridized carbons (Fsp3) is 0.125. The number of halogens is 1. The van der Waals surface area contributed by atoms with Gasteiger partial charge in [0.25, 0.3) is 10.0 Å². The maximum atomic E-state index is 12.1. The molecule has 0 aromatic heterocycles. The third kappa shape index (κ3) is 4.81. The zero-order valence-electron chi connectivity index (χ0n) is 12.5. The molecule has 0 aliphatic heterocycles. The first-order chi connectivity index (χ1) is 11.3. The molecule has 0 heterocycles. The molecule has 0 saturated carbocycles. The lowest BCUT2D eigenvalue weighted by Gasteiger charge is -2.07.